The number of nitrogens with zero attached hydrogens (tertiary/aromatic N) is 2. The molecule has 2 atom stereocenters. The van der Waals surface area contributed by atoms with Crippen molar-refractivity contribution in [2.75, 3.05) is 39.3 Å². The quantitative estimate of drug-likeness (QED) is 0.840. The van der Waals surface area contributed by atoms with Crippen molar-refractivity contribution in [1.29, 1.82) is 0 Å². The molecule has 0 radical (unpaired) electrons. The van der Waals surface area contributed by atoms with Gasteiger partial charge in [0.15, 0.2) is 0 Å². The third-order valence-corrected chi connectivity index (χ3v) is 4.66. The number of nitrogens with two attached hydrogens (primary N) is 1. The molecule has 1 saturated heterocycles. The minimum Gasteiger partial charge on any atom is -0.395 e. The van der Waals surface area contributed by atoms with E-state index in [2.05, 4.69) is 22.8 Å². The number of halogens is 1. The molecule has 1 fully saturated rings. The van der Waals surface area contributed by atoms with Gasteiger partial charge in [-0.15, -0.1) is 0 Å². The van der Waals surface area contributed by atoms with E-state index < -0.39 is 0 Å². The van der Waals surface area contributed by atoms with Gasteiger partial charge >= 0.3 is 0 Å². The molecule has 0 aromatic heterocycles. The van der Waals surface area contributed by atoms with E-state index in [0.717, 1.165) is 49.7 Å². The first-order valence-corrected chi connectivity index (χ1v) is 8.12. The number of benzene rings is 1. The summed E-state index contributed by atoms with van der Waals surface area (Å²) in [5, 5.41) is 9.84. The lowest BCUT2D eigenvalue weighted by atomic mass is 9.95. The minimum atomic E-state index is 0.0780. The van der Waals surface area contributed by atoms with Gasteiger partial charge in [0.05, 0.1) is 12.6 Å². The number of aliphatic hydroxyl groups excluding tert-OH is 1. The Hall–Kier alpha value is -0.650. The van der Waals surface area contributed by atoms with Gasteiger partial charge in [0, 0.05) is 43.8 Å². The molecule has 1 aromatic rings. The van der Waals surface area contributed by atoms with E-state index in [4.69, 9.17) is 22.4 Å². The zero-order valence-electron chi connectivity index (χ0n) is 12.7. The summed E-state index contributed by atoms with van der Waals surface area (Å²) in [6.07, 6.45) is 0.923. The minimum absolute atomic E-state index is 0.0780. The average molecular weight is 312 g/mol. The van der Waals surface area contributed by atoms with E-state index >= 15 is 0 Å². The topological polar surface area (TPSA) is 52.7 Å². The van der Waals surface area contributed by atoms with Crippen LogP contribution >= 0.6 is 11.6 Å². The molecule has 0 saturated carbocycles. The van der Waals surface area contributed by atoms with E-state index in [0.29, 0.717) is 0 Å². The average Bonchev–Trinajstić information content (AvgIpc) is 2.51. The van der Waals surface area contributed by atoms with Crippen LogP contribution in [0, 0.1) is 0 Å². The lowest BCUT2D eigenvalue weighted by Gasteiger charge is -2.41. The molecular weight excluding hydrogens is 286 g/mol. The second kappa shape index (κ2) is 8.11. The number of aliphatic hydroxyl groups is 1. The third-order valence-electron chi connectivity index (χ3n) is 4.32. The van der Waals surface area contributed by atoms with Crippen molar-refractivity contribution in [1.82, 2.24) is 9.80 Å². The molecule has 4 nitrogen and oxygen atoms in total. The highest BCUT2D eigenvalue weighted by Gasteiger charge is 2.29. The van der Waals surface area contributed by atoms with Crippen LogP contribution in [0.5, 0.6) is 0 Å². The van der Waals surface area contributed by atoms with E-state index in [9.17, 15) is 0 Å². The predicted molar refractivity (Wildman–Crippen MR) is 87.6 cm³/mol. The van der Waals surface area contributed by atoms with Crippen molar-refractivity contribution in [2.45, 2.75) is 25.4 Å². The Bertz CT molecular complexity index is 435. The predicted octanol–water partition coefficient (Wildman–Crippen LogP) is 1.73. The van der Waals surface area contributed by atoms with Crippen molar-refractivity contribution in [3.05, 3.63) is 34.9 Å². The fourth-order valence-corrected chi connectivity index (χ4v) is 3.29. The number of hydrogen-bond acceptors (Lipinski definition) is 4. The van der Waals surface area contributed by atoms with E-state index in [1.807, 2.05) is 18.2 Å². The maximum atomic E-state index is 9.04. The molecule has 1 heterocycles. The van der Waals surface area contributed by atoms with Gasteiger partial charge in [-0.3, -0.25) is 9.80 Å². The Labute approximate surface area is 132 Å². The van der Waals surface area contributed by atoms with Gasteiger partial charge in [0.1, 0.15) is 0 Å². The molecule has 1 aliphatic heterocycles. The maximum Gasteiger partial charge on any atom is 0.0558 e. The Morgan fingerprint density at radius 3 is 2.48 bits per heavy atom. The Balaban J connectivity index is 2.13. The highest BCUT2D eigenvalue weighted by Crippen LogP contribution is 2.31. The van der Waals surface area contributed by atoms with Crippen LogP contribution in [0.2, 0.25) is 5.02 Å². The van der Waals surface area contributed by atoms with Crippen LogP contribution in [-0.4, -0.2) is 60.3 Å². The molecule has 2 unspecified atom stereocenters. The fourth-order valence-electron chi connectivity index (χ4n) is 3.04. The number of hydrogen-bond donors (Lipinski definition) is 2. The van der Waals surface area contributed by atoms with Gasteiger partial charge in [0.2, 0.25) is 0 Å². The molecule has 2 rings (SSSR count). The second-order valence-corrected chi connectivity index (χ2v) is 6.05. The highest BCUT2D eigenvalue weighted by atomic mass is 35.5. The lowest BCUT2D eigenvalue weighted by molar-refractivity contribution is 0.0734. The summed E-state index contributed by atoms with van der Waals surface area (Å²) in [5.41, 5.74) is 7.52. The van der Waals surface area contributed by atoms with Crippen molar-refractivity contribution in [3.8, 4) is 0 Å². The molecule has 1 aliphatic rings. The van der Waals surface area contributed by atoms with Gasteiger partial charge in [-0.25, -0.2) is 0 Å². The SMILES string of the molecule is CCC(N)C(c1ccccc1Cl)N1CCN(CCO)CC1. The zero-order valence-corrected chi connectivity index (χ0v) is 13.5. The van der Waals surface area contributed by atoms with E-state index in [-0.39, 0.29) is 18.7 Å². The van der Waals surface area contributed by atoms with E-state index in [1.165, 1.54) is 0 Å². The van der Waals surface area contributed by atoms with Crippen molar-refractivity contribution in [2.24, 2.45) is 5.73 Å². The first kappa shape index (κ1) is 16.7. The van der Waals surface area contributed by atoms with Crippen molar-refractivity contribution in [3.63, 3.8) is 0 Å². The smallest absolute Gasteiger partial charge is 0.0558 e. The van der Waals surface area contributed by atoms with Crippen LogP contribution in [0.4, 0.5) is 0 Å². The van der Waals surface area contributed by atoms with Crippen LogP contribution < -0.4 is 5.73 Å². The fraction of sp³-hybridized carbons (Fsp3) is 0.625. The first-order valence-electron chi connectivity index (χ1n) is 7.74. The molecule has 3 N–H and O–H groups in total. The van der Waals surface area contributed by atoms with Crippen molar-refractivity contribution >= 4 is 11.6 Å². The first-order chi connectivity index (χ1) is 10.2. The summed E-state index contributed by atoms with van der Waals surface area (Å²) >= 11 is 6.39. The Kier molecular flexibility index (Phi) is 6.45. The Morgan fingerprint density at radius 1 is 1.24 bits per heavy atom. The summed E-state index contributed by atoms with van der Waals surface area (Å²) in [5.74, 6) is 0. The van der Waals surface area contributed by atoms with Gasteiger partial charge < -0.3 is 10.8 Å². The summed E-state index contributed by atoms with van der Waals surface area (Å²) in [6, 6.07) is 8.25. The molecule has 5 heteroatoms. The summed E-state index contributed by atoms with van der Waals surface area (Å²) in [4.78, 5) is 4.72. The standard InChI is InChI=1S/C16H26ClN3O/c1-2-15(18)16(13-5-3-4-6-14(13)17)20-9-7-19(8-10-20)11-12-21/h3-6,15-16,21H,2,7-12,18H2,1H3. The summed E-state index contributed by atoms with van der Waals surface area (Å²) in [7, 11) is 0. The Morgan fingerprint density at radius 2 is 1.90 bits per heavy atom. The number of piperazine rings is 1. The molecule has 0 bridgehead atoms. The zero-order chi connectivity index (χ0) is 15.2. The van der Waals surface area contributed by atoms with Crippen LogP contribution in [0.25, 0.3) is 0 Å². The van der Waals surface area contributed by atoms with Crippen molar-refractivity contribution < 1.29 is 5.11 Å². The van der Waals surface area contributed by atoms with Gasteiger partial charge in [-0.05, 0) is 18.1 Å². The van der Waals surface area contributed by atoms with E-state index in [1.54, 1.807) is 0 Å². The summed E-state index contributed by atoms with van der Waals surface area (Å²) < 4.78 is 0. The molecule has 21 heavy (non-hydrogen) atoms. The van der Waals surface area contributed by atoms with Gasteiger partial charge in [-0.1, -0.05) is 36.7 Å². The molecule has 118 valence electrons. The maximum absolute atomic E-state index is 9.04. The van der Waals surface area contributed by atoms with Gasteiger partial charge in [-0.2, -0.15) is 0 Å². The molecule has 0 aliphatic carbocycles. The largest absolute Gasteiger partial charge is 0.395 e. The van der Waals surface area contributed by atoms with Crippen LogP contribution in [0.1, 0.15) is 24.9 Å². The van der Waals surface area contributed by atoms with Crippen LogP contribution in [-0.2, 0) is 0 Å². The van der Waals surface area contributed by atoms with Crippen LogP contribution in [0.15, 0.2) is 24.3 Å². The third kappa shape index (κ3) is 4.18. The second-order valence-electron chi connectivity index (χ2n) is 5.64. The molecule has 0 amide bonds. The monoisotopic (exact) mass is 311 g/mol. The molecule has 1 aromatic carbocycles. The lowest BCUT2D eigenvalue weighted by Crippen LogP contribution is -2.51. The molecular formula is C16H26ClN3O. The summed E-state index contributed by atoms with van der Waals surface area (Å²) in [6.45, 7) is 6.96. The number of rotatable bonds is 6. The molecule has 0 spiro atoms. The number of β-amino-alcohol motifs (C(OH)–C–C–N with tert-alkyl or cyclic N) is 1. The van der Waals surface area contributed by atoms with Gasteiger partial charge in [0.25, 0.3) is 0 Å². The normalized spacial score (nSPS) is 20.4. The highest BCUT2D eigenvalue weighted by molar-refractivity contribution is 6.31. The van der Waals surface area contributed by atoms with Crippen LogP contribution in [0.3, 0.4) is 0 Å².